The maximum Gasteiger partial charge on any atom is 0.274 e. The van der Waals surface area contributed by atoms with Crippen LogP contribution in [0.5, 0.6) is 0 Å². The van der Waals surface area contributed by atoms with E-state index in [0.29, 0.717) is 5.56 Å². The summed E-state index contributed by atoms with van der Waals surface area (Å²) in [5.41, 5.74) is 5.94. The zero-order valence-electron chi connectivity index (χ0n) is 7.79. The molecule has 1 aromatic carbocycles. The monoisotopic (exact) mass is 226 g/mol. The Balaban J connectivity index is 3.02. The minimum absolute atomic E-state index is 0.0199. The highest BCUT2D eigenvalue weighted by atomic mass is 32.1. The number of hydrogen-bond donors (Lipinski definition) is 2. The smallest absolute Gasteiger partial charge is 0.274 e. The SMILES string of the molecule is NC(CC(=O)S)c1ccccc1[N+](=O)[O-]. The molecule has 0 heterocycles. The van der Waals surface area contributed by atoms with Gasteiger partial charge in [0.25, 0.3) is 5.69 Å². The Hall–Kier alpha value is -1.40. The van der Waals surface area contributed by atoms with Gasteiger partial charge in [0.05, 0.1) is 4.92 Å². The van der Waals surface area contributed by atoms with E-state index in [9.17, 15) is 14.9 Å². The summed E-state index contributed by atoms with van der Waals surface area (Å²) in [6.07, 6.45) is -0.0199. The molecule has 1 atom stereocenters. The lowest BCUT2D eigenvalue weighted by molar-refractivity contribution is -0.385. The van der Waals surface area contributed by atoms with Crippen molar-refractivity contribution in [3.63, 3.8) is 0 Å². The maximum atomic E-state index is 10.7. The topological polar surface area (TPSA) is 86.2 Å². The summed E-state index contributed by atoms with van der Waals surface area (Å²) in [7, 11) is 0. The number of rotatable bonds is 4. The van der Waals surface area contributed by atoms with Crippen molar-refractivity contribution in [2.75, 3.05) is 0 Å². The van der Waals surface area contributed by atoms with Gasteiger partial charge in [-0.3, -0.25) is 14.9 Å². The average molecular weight is 226 g/mol. The van der Waals surface area contributed by atoms with Crippen LogP contribution in [0.25, 0.3) is 0 Å². The predicted octanol–water partition coefficient (Wildman–Crippen LogP) is 1.44. The first kappa shape index (κ1) is 11.7. The van der Waals surface area contributed by atoms with Gasteiger partial charge in [-0.05, 0) is 0 Å². The predicted molar refractivity (Wildman–Crippen MR) is 58.6 cm³/mol. The number of para-hydroxylation sites is 1. The largest absolute Gasteiger partial charge is 0.323 e. The Morgan fingerprint density at radius 2 is 2.13 bits per heavy atom. The summed E-state index contributed by atoms with van der Waals surface area (Å²) in [6, 6.07) is 5.41. The second-order valence-electron chi connectivity index (χ2n) is 3.02. The summed E-state index contributed by atoms with van der Waals surface area (Å²) < 4.78 is 0. The van der Waals surface area contributed by atoms with Gasteiger partial charge in [0.1, 0.15) is 0 Å². The lowest BCUT2D eigenvalue weighted by Crippen LogP contribution is -2.14. The molecule has 0 spiro atoms. The first-order chi connectivity index (χ1) is 7.02. The summed E-state index contributed by atoms with van der Waals surface area (Å²) >= 11 is 3.58. The van der Waals surface area contributed by atoms with E-state index in [1.807, 2.05) is 0 Å². The molecule has 80 valence electrons. The third-order valence-corrected chi connectivity index (χ3v) is 2.11. The highest BCUT2D eigenvalue weighted by Gasteiger charge is 2.19. The van der Waals surface area contributed by atoms with Crippen LogP contribution in [0.15, 0.2) is 24.3 Å². The van der Waals surface area contributed by atoms with Crippen LogP contribution in [0.1, 0.15) is 18.0 Å². The Morgan fingerprint density at radius 1 is 1.53 bits per heavy atom. The molecule has 1 aromatic rings. The highest BCUT2D eigenvalue weighted by Crippen LogP contribution is 2.25. The molecule has 0 amide bonds. The number of benzene rings is 1. The molecule has 1 unspecified atom stereocenters. The van der Waals surface area contributed by atoms with Gasteiger partial charge < -0.3 is 5.73 Å². The fourth-order valence-corrected chi connectivity index (χ4v) is 1.46. The summed E-state index contributed by atoms with van der Waals surface area (Å²) in [5, 5.41) is 10.3. The van der Waals surface area contributed by atoms with Crippen molar-refractivity contribution >= 4 is 23.4 Å². The molecule has 5 nitrogen and oxygen atoms in total. The zero-order chi connectivity index (χ0) is 11.4. The molecular formula is C9H10N2O3S. The summed E-state index contributed by atoms with van der Waals surface area (Å²) in [5.74, 6) is 0. The molecule has 0 fully saturated rings. The Morgan fingerprint density at radius 3 is 2.67 bits per heavy atom. The molecule has 1 rings (SSSR count). The van der Waals surface area contributed by atoms with E-state index in [0.717, 1.165) is 0 Å². The molecule has 0 aliphatic carbocycles. The van der Waals surface area contributed by atoms with Gasteiger partial charge in [-0.1, -0.05) is 18.2 Å². The van der Waals surface area contributed by atoms with Gasteiger partial charge >= 0.3 is 0 Å². The number of hydrogen-bond acceptors (Lipinski definition) is 4. The molecular weight excluding hydrogens is 216 g/mol. The standard InChI is InChI=1S/C9H10N2O3S/c10-7(5-9(12)15)6-3-1-2-4-8(6)11(13)14/h1-4,7H,5,10H2,(H,12,15). The Labute approximate surface area is 91.8 Å². The van der Waals surface area contributed by atoms with E-state index in [2.05, 4.69) is 12.6 Å². The normalized spacial score (nSPS) is 12.1. The first-order valence-electron chi connectivity index (χ1n) is 4.23. The van der Waals surface area contributed by atoms with Gasteiger partial charge in [-0.15, -0.1) is 12.6 Å². The fourth-order valence-electron chi connectivity index (χ4n) is 1.27. The van der Waals surface area contributed by atoms with Crippen molar-refractivity contribution < 1.29 is 9.72 Å². The molecule has 0 aliphatic rings. The van der Waals surface area contributed by atoms with Gasteiger partial charge in [0.2, 0.25) is 0 Å². The number of carbonyl (C=O) groups is 1. The molecule has 15 heavy (non-hydrogen) atoms. The van der Waals surface area contributed by atoms with Crippen LogP contribution in [-0.2, 0) is 4.79 Å². The number of carbonyl (C=O) groups excluding carboxylic acids is 1. The first-order valence-corrected chi connectivity index (χ1v) is 4.67. The van der Waals surface area contributed by atoms with Crippen LogP contribution < -0.4 is 5.73 Å². The van der Waals surface area contributed by atoms with Crippen molar-refractivity contribution in [3.05, 3.63) is 39.9 Å². The van der Waals surface area contributed by atoms with Gasteiger partial charge in [0.15, 0.2) is 5.12 Å². The van der Waals surface area contributed by atoms with E-state index in [1.165, 1.54) is 6.07 Å². The van der Waals surface area contributed by atoms with Crippen LogP contribution >= 0.6 is 12.6 Å². The second-order valence-corrected chi connectivity index (χ2v) is 3.52. The zero-order valence-corrected chi connectivity index (χ0v) is 8.68. The quantitative estimate of drug-likeness (QED) is 0.462. The second kappa shape index (κ2) is 4.90. The molecule has 6 heteroatoms. The van der Waals surface area contributed by atoms with Gasteiger partial charge in [-0.2, -0.15) is 0 Å². The Kier molecular flexibility index (Phi) is 3.81. The molecule has 2 N–H and O–H groups in total. The van der Waals surface area contributed by atoms with E-state index in [4.69, 9.17) is 5.73 Å². The van der Waals surface area contributed by atoms with Crippen LogP contribution in [0, 0.1) is 10.1 Å². The summed E-state index contributed by atoms with van der Waals surface area (Å²) in [4.78, 5) is 20.9. The molecule has 0 radical (unpaired) electrons. The lowest BCUT2D eigenvalue weighted by Gasteiger charge is -2.09. The highest BCUT2D eigenvalue weighted by molar-refractivity contribution is 7.96. The minimum Gasteiger partial charge on any atom is -0.323 e. The number of nitrogens with zero attached hydrogens (tertiary/aromatic N) is 1. The molecule has 0 bridgehead atoms. The van der Waals surface area contributed by atoms with Crippen LogP contribution in [-0.4, -0.2) is 10.0 Å². The Bertz CT molecular complexity index is 395. The number of nitrogens with two attached hydrogens (primary N) is 1. The van der Waals surface area contributed by atoms with E-state index < -0.39 is 11.0 Å². The average Bonchev–Trinajstić information content (AvgIpc) is 2.16. The van der Waals surface area contributed by atoms with Crippen molar-refractivity contribution in [1.82, 2.24) is 0 Å². The third kappa shape index (κ3) is 3.03. The van der Waals surface area contributed by atoms with E-state index in [-0.39, 0.29) is 17.2 Å². The van der Waals surface area contributed by atoms with Crippen LogP contribution in [0.4, 0.5) is 5.69 Å². The van der Waals surface area contributed by atoms with Crippen molar-refractivity contribution in [3.8, 4) is 0 Å². The van der Waals surface area contributed by atoms with Gasteiger partial charge in [0, 0.05) is 24.1 Å². The third-order valence-electron chi connectivity index (χ3n) is 1.93. The minimum atomic E-state index is -0.684. The molecule has 0 aliphatic heterocycles. The molecule has 0 saturated carbocycles. The molecule has 0 saturated heterocycles. The number of nitro benzene ring substituents is 1. The van der Waals surface area contributed by atoms with E-state index >= 15 is 0 Å². The lowest BCUT2D eigenvalue weighted by atomic mass is 10.0. The molecule has 0 aromatic heterocycles. The summed E-state index contributed by atoms with van der Waals surface area (Å²) in [6.45, 7) is 0. The van der Waals surface area contributed by atoms with Crippen LogP contribution in [0.2, 0.25) is 0 Å². The van der Waals surface area contributed by atoms with E-state index in [1.54, 1.807) is 18.2 Å². The maximum absolute atomic E-state index is 10.7. The number of nitro groups is 1. The van der Waals surface area contributed by atoms with Crippen molar-refractivity contribution in [1.29, 1.82) is 0 Å². The van der Waals surface area contributed by atoms with Gasteiger partial charge in [-0.25, -0.2) is 0 Å². The van der Waals surface area contributed by atoms with Crippen molar-refractivity contribution in [2.45, 2.75) is 12.5 Å². The van der Waals surface area contributed by atoms with Crippen LogP contribution in [0.3, 0.4) is 0 Å². The van der Waals surface area contributed by atoms with Crippen molar-refractivity contribution in [2.24, 2.45) is 5.73 Å². The number of thiol groups is 1. The fraction of sp³-hybridized carbons (Fsp3) is 0.222.